The van der Waals surface area contributed by atoms with E-state index in [2.05, 4.69) is 20.4 Å². The van der Waals surface area contributed by atoms with Crippen LogP contribution < -0.4 is 0 Å². The van der Waals surface area contributed by atoms with Gasteiger partial charge in [-0.15, -0.1) is 10.2 Å². The van der Waals surface area contributed by atoms with Gasteiger partial charge < -0.3 is 4.74 Å². The first-order valence-corrected chi connectivity index (χ1v) is 5.47. The van der Waals surface area contributed by atoms with Crippen LogP contribution in [0.25, 0.3) is 10.6 Å². The third-order valence-electron chi connectivity index (χ3n) is 2.09. The number of carbonyl (C=O) groups is 1. The van der Waals surface area contributed by atoms with Gasteiger partial charge in [-0.2, -0.15) is 5.10 Å². The first-order valence-electron chi connectivity index (χ1n) is 4.65. The van der Waals surface area contributed by atoms with Gasteiger partial charge in [-0.1, -0.05) is 11.3 Å². The average molecular weight is 238 g/mol. The van der Waals surface area contributed by atoms with E-state index in [1.807, 2.05) is 6.92 Å². The topological polar surface area (TPSA) is 80.8 Å². The van der Waals surface area contributed by atoms with Crippen molar-refractivity contribution >= 4 is 17.8 Å². The molecule has 0 radical (unpaired) electrons. The number of rotatable bonds is 4. The predicted molar refractivity (Wildman–Crippen MR) is 57.8 cm³/mol. The normalized spacial score (nSPS) is 12.4. The number of aryl methyl sites for hydroxylation is 1. The molecular weight excluding hydrogens is 228 g/mol. The van der Waals surface area contributed by atoms with Crippen LogP contribution in [0, 0.1) is 6.92 Å². The summed E-state index contributed by atoms with van der Waals surface area (Å²) < 4.78 is 4.86. The zero-order valence-electron chi connectivity index (χ0n) is 8.80. The van der Waals surface area contributed by atoms with Crippen LogP contribution in [0.3, 0.4) is 0 Å². The molecule has 1 unspecified atom stereocenters. The first-order chi connectivity index (χ1) is 7.72. The standard InChI is InChI=1S/C9H10N4O2S/c1-5(15-4-14)8-7(3-10-12-8)9-13-11-6(2)16-9/h3-5H,1-2H3,(H,10,12). The fraction of sp³-hybridized carbons (Fsp3) is 0.333. The molecule has 0 aromatic carbocycles. The van der Waals surface area contributed by atoms with E-state index < -0.39 is 0 Å². The SMILES string of the molecule is Cc1nnc(-c2cn[nH]c2C(C)OC=O)s1. The molecule has 1 N–H and O–H groups in total. The molecule has 0 saturated heterocycles. The molecule has 2 rings (SSSR count). The quantitative estimate of drug-likeness (QED) is 0.816. The van der Waals surface area contributed by atoms with Gasteiger partial charge in [0.15, 0.2) is 5.01 Å². The largest absolute Gasteiger partial charge is 0.458 e. The number of ether oxygens (including phenoxy) is 1. The minimum atomic E-state index is -0.376. The third-order valence-corrected chi connectivity index (χ3v) is 2.96. The maximum atomic E-state index is 10.3. The molecule has 0 bridgehead atoms. The lowest BCUT2D eigenvalue weighted by Gasteiger charge is -2.07. The second-order valence-corrected chi connectivity index (χ2v) is 4.38. The third kappa shape index (κ3) is 1.94. The molecule has 16 heavy (non-hydrogen) atoms. The Hall–Kier alpha value is -1.76. The molecule has 2 aromatic rings. The van der Waals surface area contributed by atoms with Crippen LogP contribution in [0.15, 0.2) is 6.20 Å². The van der Waals surface area contributed by atoms with Gasteiger partial charge in [-0.05, 0) is 13.8 Å². The summed E-state index contributed by atoms with van der Waals surface area (Å²) >= 11 is 1.47. The summed E-state index contributed by atoms with van der Waals surface area (Å²) in [7, 11) is 0. The molecule has 0 amide bonds. The second kappa shape index (κ2) is 4.40. The number of H-pyrrole nitrogens is 1. The van der Waals surface area contributed by atoms with E-state index in [1.54, 1.807) is 13.1 Å². The highest BCUT2D eigenvalue weighted by Gasteiger charge is 2.17. The molecule has 1 atom stereocenters. The molecule has 84 valence electrons. The fourth-order valence-corrected chi connectivity index (χ4v) is 2.05. The number of carbonyl (C=O) groups excluding carboxylic acids is 1. The van der Waals surface area contributed by atoms with Crippen LogP contribution in [0.5, 0.6) is 0 Å². The Labute approximate surface area is 95.7 Å². The van der Waals surface area contributed by atoms with Gasteiger partial charge in [0.25, 0.3) is 6.47 Å². The summed E-state index contributed by atoms with van der Waals surface area (Å²) in [6, 6.07) is 0. The lowest BCUT2D eigenvalue weighted by atomic mass is 10.2. The summed E-state index contributed by atoms with van der Waals surface area (Å²) in [6.45, 7) is 4.06. The van der Waals surface area contributed by atoms with Gasteiger partial charge in [0, 0.05) is 0 Å². The van der Waals surface area contributed by atoms with Gasteiger partial charge in [0.2, 0.25) is 0 Å². The van der Waals surface area contributed by atoms with E-state index in [9.17, 15) is 4.79 Å². The van der Waals surface area contributed by atoms with Crippen molar-refractivity contribution in [1.29, 1.82) is 0 Å². The molecular formula is C9H10N4O2S. The Bertz CT molecular complexity index is 493. The van der Waals surface area contributed by atoms with Crippen molar-refractivity contribution in [3.05, 3.63) is 16.9 Å². The van der Waals surface area contributed by atoms with E-state index in [4.69, 9.17) is 4.74 Å². The molecule has 7 heteroatoms. The van der Waals surface area contributed by atoms with Crippen molar-refractivity contribution in [2.45, 2.75) is 20.0 Å². The molecule has 0 fully saturated rings. The van der Waals surface area contributed by atoms with Gasteiger partial charge in [-0.3, -0.25) is 9.89 Å². The smallest absolute Gasteiger partial charge is 0.293 e. The Morgan fingerprint density at radius 1 is 1.56 bits per heavy atom. The van der Waals surface area contributed by atoms with Crippen LogP contribution in [-0.2, 0) is 9.53 Å². The number of aromatic nitrogens is 4. The Kier molecular flexibility index (Phi) is 2.95. The van der Waals surface area contributed by atoms with Crippen molar-refractivity contribution in [1.82, 2.24) is 20.4 Å². The van der Waals surface area contributed by atoms with Crippen LogP contribution in [0.4, 0.5) is 0 Å². The van der Waals surface area contributed by atoms with Gasteiger partial charge >= 0.3 is 0 Å². The molecule has 6 nitrogen and oxygen atoms in total. The molecule has 0 spiro atoms. The molecule has 2 heterocycles. The molecule has 0 aliphatic rings. The molecule has 0 saturated carbocycles. The zero-order chi connectivity index (χ0) is 11.5. The van der Waals surface area contributed by atoms with Crippen molar-refractivity contribution in [2.24, 2.45) is 0 Å². The van der Waals surface area contributed by atoms with Crippen molar-refractivity contribution in [3.8, 4) is 10.6 Å². The van der Waals surface area contributed by atoms with Crippen LogP contribution in [0.1, 0.15) is 23.7 Å². The molecule has 0 aliphatic heterocycles. The number of aromatic amines is 1. The Morgan fingerprint density at radius 2 is 2.38 bits per heavy atom. The van der Waals surface area contributed by atoms with E-state index in [0.29, 0.717) is 6.47 Å². The van der Waals surface area contributed by atoms with E-state index in [-0.39, 0.29) is 6.10 Å². The van der Waals surface area contributed by atoms with Crippen LogP contribution in [-0.4, -0.2) is 26.9 Å². The van der Waals surface area contributed by atoms with Crippen molar-refractivity contribution in [3.63, 3.8) is 0 Å². The first kappa shape index (κ1) is 10.7. The average Bonchev–Trinajstić information content (AvgIpc) is 2.85. The van der Waals surface area contributed by atoms with Gasteiger partial charge in [-0.25, -0.2) is 0 Å². The second-order valence-electron chi connectivity index (χ2n) is 3.20. The van der Waals surface area contributed by atoms with Crippen molar-refractivity contribution in [2.75, 3.05) is 0 Å². The number of nitrogens with zero attached hydrogens (tertiary/aromatic N) is 3. The van der Waals surface area contributed by atoms with Gasteiger partial charge in [0.1, 0.15) is 11.1 Å². The minimum Gasteiger partial charge on any atom is -0.458 e. The van der Waals surface area contributed by atoms with Crippen LogP contribution in [0.2, 0.25) is 0 Å². The summed E-state index contributed by atoms with van der Waals surface area (Å²) in [5.41, 5.74) is 1.54. The monoisotopic (exact) mass is 238 g/mol. The summed E-state index contributed by atoms with van der Waals surface area (Å²) in [5.74, 6) is 0. The number of nitrogens with one attached hydrogen (secondary N) is 1. The lowest BCUT2D eigenvalue weighted by molar-refractivity contribution is -0.133. The predicted octanol–water partition coefficient (Wildman–Crippen LogP) is 1.47. The molecule has 0 aliphatic carbocycles. The van der Waals surface area contributed by atoms with E-state index in [1.165, 1.54) is 11.3 Å². The molecule has 2 aromatic heterocycles. The summed E-state index contributed by atoms with van der Waals surface area (Å²) in [4.78, 5) is 10.3. The lowest BCUT2D eigenvalue weighted by Crippen LogP contribution is -2.00. The van der Waals surface area contributed by atoms with E-state index in [0.717, 1.165) is 21.3 Å². The summed E-state index contributed by atoms with van der Waals surface area (Å²) in [5, 5.41) is 16.3. The summed E-state index contributed by atoms with van der Waals surface area (Å²) in [6.07, 6.45) is 1.28. The highest BCUT2D eigenvalue weighted by atomic mass is 32.1. The maximum absolute atomic E-state index is 10.3. The maximum Gasteiger partial charge on any atom is 0.293 e. The number of hydrogen-bond donors (Lipinski definition) is 1. The highest BCUT2D eigenvalue weighted by Crippen LogP contribution is 2.29. The Morgan fingerprint density at radius 3 is 3.00 bits per heavy atom. The van der Waals surface area contributed by atoms with E-state index >= 15 is 0 Å². The van der Waals surface area contributed by atoms with Crippen LogP contribution >= 0.6 is 11.3 Å². The minimum absolute atomic E-state index is 0.376. The highest BCUT2D eigenvalue weighted by molar-refractivity contribution is 7.14. The Balaban J connectivity index is 2.35. The van der Waals surface area contributed by atoms with Gasteiger partial charge in [0.05, 0.1) is 17.5 Å². The fourth-order valence-electron chi connectivity index (χ4n) is 1.33. The zero-order valence-corrected chi connectivity index (χ0v) is 9.61. The number of hydrogen-bond acceptors (Lipinski definition) is 6. The van der Waals surface area contributed by atoms with Crippen molar-refractivity contribution < 1.29 is 9.53 Å².